The molecule has 3 aromatic rings. The molecule has 1 aromatic heterocycles. The summed E-state index contributed by atoms with van der Waals surface area (Å²) in [6.07, 6.45) is 0. The number of nitrogens with two attached hydrogens (primary N) is 1. The standard InChI is InChI=1S/C19H15BrClN3O3/c20-11-5-6-15-12(9-11)19-23-17(18(22)25)14(24(19)7-8-26-15)10-27-16-4-2-1-3-13(16)21/h1-6,9H,7-8,10H2,(H2,22,25). The molecule has 0 unspecified atom stereocenters. The Labute approximate surface area is 169 Å². The number of primary amides is 1. The van der Waals surface area contributed by atoms with E-state index in [4.69, 9.17) is 26.8 Å². The van der Waals surface area contributed by atoms with Crippen LogP contribution in [0.15, 0.2) is 46.9 Å². The quantitative estimate of drug-likeness (QED) is 0.653. The number of nitrogens with zero attached hydrogens (tertiary/aromatic N) is 2. The molecule has 0 aliphatic carbocycles. The van der Waals surface area contributed by atoms with Gasteiger partial charge in [-0.3, -0.25) is 4.79 Å². The molecule has 2 heterocycles. The molecular formula is C19H15BrClN3O3. The number of ether oxygens (including phenoxy) is 2. The predicted octanol–water partition coefficient (Wildman–Crippen LogP) is 4.04. The summed E-state index contributed by atoms with van der Waals surface area (Å²) in [5.74, 6) is 1.25. The Balaban J connectivity index is 1.79. The highest BCUT2D eigenvalue weighted by Crippen LogP contribution is 2.36. The van der Waals surface area contributed by atoms with Crippen LogP contribution in [0, 0.1) is 0 Å². The zero-order valence-corrected chi connectivity index (χ0v) is 16.5. The van der Waals surface area contributed by atoms with Crippen LogP contribution in [0.2, 0.25) is 5.02 Å². The maximum Gasteiger partial charge on any atom is 0.269 e. The van der Waals surface area contributed by atoms with E-state index in [2.05, 4.69) is 20.9 Å². The van der Waals surface area contributed by atoms with Crippen molar-refractivity contribution in [2.24, 2.45) is 5.73 Å². The van der Waals surface area contributed by atoms with Gasteiger partial charge in [0.1, 0.15) is 30.5 Å². The second-order valence-corrected chi connectivity index (χ2v) is 7.28. The number of para-hydroxylation sites is 1. The van der Waals surface area contributed by atoms with Crippen LogP contribution >= 0.6 is 27.5 Å². The van der Waals surface area contributed by atoms with E-state index < -0.39 is 5.91 Å². The van der Waals surface area contributed by atoms with Gasteiger partial charge in [0.15, 0.2) is 5.69 Å². The minimum atomic E-state index is -0.606. The lowest BCUT2D eigenvalue weighted by molar-refractivity contribution is 0.0993. The van der Waals surface area contributed by atoms with Gasteiger partial charge in [-0.05, 0) is 30.3 Å². The molecule has 1 aliphatic rings. The van der Waals surface area contributed by atoms with E-state index >= 15 is 0 Å². The molecule has 2 N–H and O–H groups in total. The first-order valence-corrected chi connectivity index (χ1v) is 9.41. The van der Waals surface area contributed by atoms with Crippen molar-refractivity contribution in [2.75, 3.05) is 6.61 Å². The molecule has 0 bridgehead atoms. The number of amides is 1. The van der Waals surface area contributed by atoms with Crippen molar-refractivity contribution in [3.63, 3.8) is 0 Å². The molecule has 1 aliphatic heterocycles. The SMILES string of the molecule is NC(=O)c1nc2n(c1COc1ccccc1Cl)CCOc1ccc(Br)cc1-2. The molecular weight excluding hydrogens is 434 g/mol. The minimum absolute atomic E-state index is 0.109. The minimum Gasteiger partial charge on any atom is -0.491 e. The number of halogens is 2. The molecule has 27 heavy (non-hydrogen) atoms. The van der Waals surface area contributed by atoms with Crippen molar-refractivity contribution in [1.82, 2.24) is 9.55 Å². The van der Waals surface area contributed by atoms with Crippen LogP contribution < -0.4 is 15.2 Å². The Kier molecular flexibility index (Phi) is 4.80. The molecule has 4 rings (SSSR count). The molecule has 0 spiro atoms. The average molecular weight is 449 g/mol. The molecule has 1 amide bonds. The monoisotopic (exact) mass is 447 g/mol. The fourth-order valence-corrected chi connectivity index (χ4v) is 3.59. The van der Waals surface area contributed by atoms with Gasteiger partial charge in [-0.25, -0.2) is 4.98 Å². The van der Waals surface area contributed by atoms with Gasteiger partial charge in [0.05, 0.1) is 22.8 Å². The second-order valence-electron chi connectivity index (χ2n) is 5.95. The zero-order valence-electron chi connectivity index (χ0n) is 14.1. The van der Waals surface area contributed by atoms with E-state index in [1.165, 1.54) is 0 Å². The molecule has 8 heteroatoms. The number of fused-ring (bicyclic) bond motifs is 3. The molecule has 0 saturated carbocycles. The van der Waals surface area contributed by atoms with E-state index in [1.807, 2.05) is 34.9 Å². The highest BCUT2D eigenvalue weighted by atomic mass is 79.9. The van der Waals surface area contributed by atoms with Crippen LogP contribution in [0.1, 0.15) is 16.2 Å². The summed E-state index contributed by atoms with van der Waals surface area (Å²) in [5.41, 5.74) is 7.14. The number of imidazole rings is 1. The molecule has 0 radical (unpaired) electrons. The smallest absolute Gasteiger partial charge is 0.269 e. The van der Waals surface area contributed by atoms with Crippen LogP contribution in [-0.2, 0) is 13.2 Å². The van der Waals surface area contributed by atoms with Gasteiger partial charge in [0, 0.05) is 4.47 Å². The Morgan fingerprint density at radius 2 is 2.15 bits per heavy atom. The Morgan fingerprint density at radius 1 is 1.33 bits per heavy atom. The lowest BCUT2D eigenvalue weighted by Crippen LogP contribution is -2.18. The number of rotatable bonds is 4. The van der Waals surface area contributed by atoms with Gasteiger partial charge in [-0.15, -0.1) is 0 Å². The van der Waals surface area contributed by atoms with E-state index in [-0.39, 0.29) is 12.3 Å². The summed E-state index contributed by atoms with van der Waals surface area (Å²) in [7, 11) is 0. The van der Waals surface area contributed by atoms with Crippen LogP contribution in [-0.4, -0.2) is 22.1 Å². The summed E-state index contributed by atoms with van der Waals surface area (Å²) in [6, 6.07) is 12.8. The number of hydrogen-bond acceptors (Lipinski definition) is 4. The van der Waals surface area contributed by atoms with Crippen molar-refractivity contribution < 1.29 is 14.3 Å². The first kappa shape index (κ1) is 17.9. The van der Waals surface area contributed by atoms with Crippen molar-refractivity contribution in [3.05, 3.63) is 63.3 Å². The molecule has 2 aromatic carbocycles. The first-order valence-electron chi connectivity index (χ1n) is 8.24. The Bertz CT molecular complexity index is 1040. The van der Waals surface area contributed by atoms with Crippen molar-refractivity contribution in [1.29, 1.82) is 0 Å². The van der Waals surface area contributed by atoms with E-state index in [1.54, 1.807) is 12.1 Å². The summed E-state index contributed by atoms with van der Waals surface area (Å²) in [6.45, 7) is 1.07. The number of benzene rings is 2. The maximum absolute atomic E-state index is 12.0. The van der Waals surface area contributed by atoms with Crippen molar-refractivity contribution in [3.8, 4) is 22.9 Å². The second kappa shape index (κ2) is 7.25. The predicted molar refractivity (Wildman–Crippen MR) is 105 cm³/mol. The summed E-state index contributed by atoms with van der Waals surface area (Å²) in [4.78, 5) is 16.5. The third-order valence-corrected chi connectivity index (χ3v) is 5.07. The van der Waals surface area contributed by atoms with Crippen LogP contribution in [0.3, 0.4) is 0 Å². The lowest BCUT2D eigenvalue weighted by Gasteiger charge is -2.12. The zero-order chi connectivity index (χ0) is 19.0. The Morgan fingerprint density at radius 3 is 2.93 bits per heavy atom. The number of carbonyl (C=O) groups excluding carboxylic acids is 1. The van der Waals surface area contributed by atoms with Crippen LogP contribution in [0.5, 0.6) is 11.5 Å². The fraction of sp³-hybridized carbons (Fsp3) is 0.158. The third kappa shape index (κ3) is 3.40. The molecule has 0 atom stereocenters. The van der Waals surface area contributed by atoms with E-state index in [0.717, 1.165) is 10.0 Å². The van der Waals surface area contributed by atoms with Gasteiger partial charge >= 0.3 is 0 Å². The number of aromatic nitrogens is 2. The Hall–Kier alpha value is -2.51. The maximum atomic E-state index is 12.0. The van der Waals surface area contributed by atoms with E-state index in [0.29, 0.717) is 41.2 Å². The summed E-state index contributed by atoms with van der Waals surface area (Å²) < 4.78 is 14.5. The van der Waals surface area contributed by atoms with Crippen molar-refractivity contribution >= 4 is 33.4 Å². The van der Waals surface area contributed by atoms with Crippen molar-refractivity contribution in [2.45, 2.75) is 13.2 Å². The summed E-state index contributed by atoms with van der Waals surface area (Å²) in [5, 5.41) is 0.492. The highest BCUT2D eigenvalue weighted by molar-refractivity contribution is 9.10. The number of hydrogen-bond donors (Lipinski definition) is 1. The highest BCUT2D eigenvalue weighted by Gasteiger charge is 2.26. The van der Waals surface area contributed by atoms with Gasteiger partial charge in [0.25, 0.3) is 5.91 Å². The molecule has 6 nitrogen and oxygen atoms in total. The van der Waals surface area contributed by atoms with Gasteiger partial charge in [-0.1, -0.05) is 39.7 Å². The van der Waals surface area contributed by atoms with Crippen LogP contribution in [0.25, 0.3) is 11.4 Å². The third-order valence-electron chi connectivity index (χ3n) is 4.26. The number of carbonyl (C=O) groups is 1. The fourth-order valence-electron chi connectivity index (χ4n) is 3.03. The largest absolute Gasteiger partial charge is 0.491 e. The molecule has 138 valence electrons. The first-order chi connectivity index (χ1) is 13.0. The van der Waals surface area contributed by atoms with Gasteiger partial charge in [-0.2, -0.15) is 0 Å². The summed E-state index contributed by atoms with van der Waals surface area (Å²) >= 11 is 9.62. The molecule has 0 saturated heterocycles. The van der Waals surface area contributed by atoms with Gasteiger partial charge < -0.3 is 19.8 Å². The topological polar surface area (TPSA) is 79.4 Å². The van der Waals surface area contributed by atoms with E-state index in [9.17, 15) is 4.79 Å². The van der Waals surface area contributed by atoms with Crippen LogP contribution in [0.4, 0.5) is 0 Å². The lowest BCUT2D eigenvalue weighted by atomic mass is 10.2. The normalized spacial score (nSPS) is 12.5. The van der Waals surface area contributed by atoms with Gasteiger partial charge in [0.2, 0.25) is 0 Å². The average Bonchev–Trinajstić information content (AvgIpc) is 2.91. The molecule has 0 fully saturated rings.